The summed E-state index contributed by atoms with van der Waals surface area (Å²) in [6.07, 6.45) is 3.79. The summed E-state index contributed by atoms with van der Waals surface area (Å²) in [6.45, 7) is 4.01. The van der Waals surface area contributed by atoms with E-state index in [1.165, 1.54) is 12.1 Å². The number of benzene rings is 4. The van der Waals surface area contributed by atoms with Gasteiger partial charge in [0, 0.05) is 18.2 Å². The predicted molar refractivity (Wildman–Crippen MR) is 169 cm³/mol. The minimum atomic E-state index is -0.344. The second-order valence-electron chi connectivity index (χ2n) is 9.45. The van der Waals surface area contributed by atoms with E-state index in [0.29, 0.717) is 28.9 Å². The summed E-state index contributed by atoms with van der Waals surface area (Å²) in [7, 11) is 1.73. The molecule has 2 heterocycles. The van der Waals surface area contributed by atoms with Crippen molar-refractivity contribution in [2.75, 3.05) is 17.3 Å². The van der Waals surface area contributed by atoms with Gasteiger partial charge >= 0.3 is 47.9 Å². The second-order valence-corrected chi connectivity index (χ2v) is 9.45. The van der Waals surface area contributed by atoms with Crippen molar-refractivity contribution in [1.29, 1.82) is 0 Å². The molecule has 0 aliphatic heterocycles. The van der Waals surface area contributed by atoms with Gasteiger partial charge in [0.05, 0.1) is 23.8 Å². The van der Waals surface area contributed by atoms with E-state index in [2.05, 4.69) is 15.3 Å². The van der Waals surface area contributed by atoms with Gasteiger partial charge in [0.2, 0.25) is 0 Å². The number of hydrogen-bond acceptors (Lipinski definition) is 10. The number of para-hydroxylation sites is 2. The van der Waals surface area contributed by atoms with Crippen molar-refractivity contribution >= 4 is 35.7 Å². The fourth-order valence-electron chi connectivity index (χ4n) is 4.20. The van der Waals surface area contributed by atoms with Crippen molar-refractivity contribution in [2.24, 2.45) is 0 Å². The summed E-state index contributed by atoms with van der Waals surface area (Å²) in [6, 6.07) is 29.3. The number of aromatic nitrogens is 2. The normalized spacial score (nSPS) is 9.35. The number of anilines is 4. The van der Waals surface area contributed by atoms with Crippen LogP contribution in [0.25, 0.3) is 22.6 Å². The van der Waals surface area contributed by atoms with Crippen LogP contribution < -0.4 is 39.8 Å². The topological polar surface area (TPSA) is 136 Å². The van der Waals surface area contributed by atoms with Gasteiger partial charge in [-0.15, -0.1) is 0 Å². The SMILES string of the molecule is Cc1ccccc1-c1cnc(N(C)c2ccccc2F)o1.Cc1ccccc1-c1cnc(Nc2ccccc2F)o1.O=C=O.O=C=O.[H-].[Na+]. The molecule has 0 fully saturated rings. The quantitative estimate of drug-likeness (QED) is 0.242. The zero-order valence-corrected chi connectivity index (χ0v) is 28.4. The van der Waals surface area contributed by atoms with Crippen LogP contribution in [0.15, 0.2) is 118 Å². The summed E-state index contributed by atoms with van der Waals surface area (Å²) < 4.78 is 38.7. The number of nitrogens with zero attached hydrogens (tertiary/aromatic N) is 3. The van der Waals surface area contributed by atoms with Crippen molar-refractivity contribution in [1.82, 2.24) is 9.97 Å². The number of oxazole rings is 2. The van der Waals surface area contributed by atoms with Crippen LogP contribution >= 0.6 is 0 Å². The molecular weight excluding hydrogens is 633 g/mol. The van der Waals surface area contributed by atoms with Gasteiger partial charge in [-0.25, -0.2) is 18.7 Å². The predicted octanol–water partition coefficient (Wildman–Crippen LogP) is 5.04. The zero-order chi connectivity index (χ0) is 34.2. The zero-order valence-electron chi connectivity index (χ0n) is 27.4. The van der Waals surface area contributed by atoms with Gasteiger partial charge in [-0.05, 0) is 49.2 Å². The van der Waals surface area contributed by atoms with Crippen LogP contribution in [0.3, 0.4) is 0 Å². The minimum absolute atomic E-state index is 0. The molecule has 48 heavy (non-hydrogen) atoms. The molecule has 2 aromatic heterocycles. The van der Waals surface area contributed by atoms with Crippen molar-refractivity contribution in [2.45, 2.75) is 13.8 Å². The van der Waals surface area contributed by atoms with Crippen LogP contribution in [0.5, 0.6) is 0 Å². The number of nitrogens with one attached hydrogen (secondary N) is 1. The molecule has 0 aliphatic rings. The van der Waals surface area contributed by atoms with Crippen molar-refractivity contribution in [3.8, 4) is 22.6 Å². The van der Waals surface area contributed by atoms with Gasteiger partial charge in [-0.1, -0.05) is 72.8 Å². The molecule has 240 valence electrons. The molecule has 0 atom stereocenters. The largest absolute Gasteiger partial charge is 1.00 e. The van der Waals surface area contributed by atoms with Crippen LogP contribution in [-0.2, 0) is 19.2 Å². The number of halogens is 2. The van der Waals surface area contributed by atoms with E-state index in [4.69, 9.17) is 28.0 Å². The number of carbonyl (C=O) groups excluding carboxylic acids is 4. The van der Waals surface area contributed by atoms with E-state index < -0.39 is 0 Å². The van der Waals surface area contributed by atoms with Crippen LogP contribution in [0.1, 0.15) is 12.6 Å². The maximum atomic E-state index is 13.8. The monoisotopic (exact) mass is 662 g/mol. The smallest absolute Gasteiger partial charge is 1.00 e. The number of hydrogen-bond donors (Lipinski definition) is 1. The Morgan fingerprint density at radius 3 is 1.67 bits per heavy atom. The minimum Gasteiger partial charge on any atom is -1.00 e. The van der Waals surface area contributed by atoms with Gasteiger partial charge in [-0.2, -0.15) is 19.2 Å². The van der Waals surface area contributed by atoms with E-state index in [0.717, 1.165) is 22.3 Å². The molecule has 4 aromatic carbocycles. The van der Waals surface area contributed by atoms with Crippen LogP contribution in [0, 0.1) is 25.5 Å². The fraction of sp³-hybridized carbons (Fsp3) is 0.0857. The van der Waals surface area contributed by atoms with E-state index in [1.54, 1.807) is 60.7 Å². The third kappa shape index (κ3) is 10.8. The van der Waals surface area contributed by atoms with E-state index in [9.17, 15) is 8.78 Å². The molecule has 0 saturated heterocycles. The average molecular weight is 663 g/mol. The Kier molecular flexibility index (Phi) is 16.1. The third-order valence-electron chi connectivity index (χ3n) is 6.44. The summed E-state index contributed by atoms with van der Waals surface area (Å²) in [5, 5.41) is 2.83. The summed E-state index contributed by atoms with van der Waals surface area (Å²) in [4.78, 5) is 42.5. The Morgan fingerprint density at radius 2 is 1.12 bits per heavy atom. The standard InChI is InChI=1S/C17H15FN2O.C16H13FN2O.2CO2.Na.H/c1-12-7-3-4-8-13(12)16-11-19-17(21-16)20(2)15-10-6-5-9-14(15)18;1-11-6-2-3-7-12(11)15-10-18-16(20-15)19-14-9-5-4-8-13(14)17;2*2-1-3;;/h3-11H,1-2H3;2-10H,1H3,(H,18,19);;;;/q;;;;+1;-1. The molecule has 6 aromatic rings. The molecule has 0 saturated carbocycles. The molecule has 0 spiro atoms. The summed E-state index contributed by atoms with van der Waals surface area (Å²) in [5.74, 6) is 0.673. The van der Waals surface area contributed by atoms with E-state index in [1.807, 2.05) is 62.4 Å². The Bertz CT molecular complexity index is 1960. The fourth-order valence-corrected chi connectivity index (χ4v) is 4.20. The van der Waals surface area contributed by atoms with Crippen LogP contribution in [-0.4, -0.2) is 29.3 Å². The summed E-state index contributed by atoms with van der Waals surface area (Å²) in [5.41, 5.74) is 4.93. The number of rotatable bonds is 6. The molecule has 6 rings (SSSR count). The van der Waals surface area contributed by atoms with Gasteiger partial charge in [0.1, 0.15) is 11.6 Å². The van der Waals surface area contributed by atoms with Crippen molar-refractivity contribution < 1.29 is 67.8 Å². The molecular formula is C35H29F2N4NaO6. The average Bonchev–Trinajstić information content (AvgIpc) is 3.74. The molecule has 13 heteroatoms. The van der Waals surface area contributed by atoms with Crippen LogP contribution in [0.2, 0.25) is 0 Å². The molecule has 0 bridgehead atoms. The molecule has 1 N–H and O–H groups in total. The van der Waals surface area contributed by atoms with Crippen LogP contribution in [0.4, 0.5) is 32.2 Å². The molecule has 0 unspecified atom stereocenters. The maximum absolute atomic E-state index is 13.8. The van der Waals surface area contributed by atoms with E-state index >= 15 is 0 Å². The van der Waals surface area contributed by atoms with Gasteiger partial charge in [-0.3, -0.25) is 4.90 Å². The first-order valence-electron chi connectivity index (χ1n) is 13.8. The maximum Gasteiger partial charge on any atom is 1.00 e. The molecule has 0 radical (unpaired) electrons. The second kappa shape index (κ2) is 19.9. The Morgan fingerprint density at radius 1 is 0.667 bits per heavy atom. The Labute approximate surface area is 298 Å². The Hall–Kier alpha value is -5.48. The first-order chi connectivity index (χ1) is 22.7. The third-order valence-corrected chi connectivity index (χ3v) is 6.44. The molecule has 0 amide bonds. The Balaban J connectivity index is 0.000000408. The first-order valence-corrected chi connectivity index (χ1v) is 13.8. The van der Waals surface area contributed by atoms with Gasteiger partial charge < -0.3 is 15.6 Å². The van der Waals surface area contributed by atoms with E-state index in [-0.39, 0.29) is 60.9 Å². The number of aryl methyl sites for hydroxylation is 2. The first kappa shape index (κ1) is 38.7. The molecule has 10 nitrogen and oxygen atoms in total. The summed E-state index contributed by atoms with van der Waals surface area (Å²) >= 11 is 0. The van der Waals surface area contributed by atoms with Gasteiger partial charge in [0.25, 0.3) is 6.01 Å². The van der Waals surface area contributed by atoms with Crippen molar-refractivity contribution in [3.05, 3.63) is 132 Å². The molecule has 0 aliphatic carbocycles. The van der Waals surface area contributed by atoms with Gasteiger partial charge in [0.15, 0.2) is 11.5 Å². The van der Waals surface area contributed by atoms with Crippen molar-refractivity contribution in [3.63, 3.8) is 0 Å².